The van der Waals surface area contributed by atoms with Gasteiger partial charge in [-0.15, -0.1) is 5.10 Å². The number of nitrogens with zero attached hydrogens (tertiary/aromatic N) is 3. The van der Waals surface area contributed by atoms with Crippen molar-refractivity contribution >= 4 is 22.7 Å². The Balaban J connectivity index is 1.56. The third-order valence-electron chi connectivity index (χ3n) is 4.46. The first-order valence-corrected chi connectivity index (χ1v) is 9.48. The summed E-state index contributed by atoms with van der Waals surface area (Å²) < 4.78 is 7.19. The van der Waals surface area contributed by atoms with Crippen LogP contribution in [0.15, 0.2) is 32.9 Å². The van der Waals surface area contributed by atoms with Crippen LogP contribution in [-0.2, 0) is 17.0 Å². The first kappa shape index (κ1) is 17.0. The second kappa shape index (κ2) is 7.08. The van der Waals surface area contributed by atoms with Gasteiger partial charge < -0.3 is 9.72 Å². The zero-order valence-corrected chi connectivity index (χ0v) is 15.1. The van der Waals surface area contributed by atoms with Crippen molar-refractivity contribution in [1.82, 2.24) is 24.7 Å². The quantitative estimate of drug-likeness (QED) is 0.658. The molecule has 2 N–H and O–H groups in total. The normalized spacial score (nSPS) is 17.2. The predicted molar refractivity (Wildman–Crippen MR) is 98.5 cm³/mol. The van der Waals surface area contributed by atoms with E-state index in [1.165, 1.54) is 11.8 Å². The molecule has 26 heavy (non-hydrogen) atoms. The number of thioether (sulfide) groups is 1. The molecule has 1 atom stereocenters. The van der Waals surface area contributed by atoms with Gasteiger partial charge in [-0.2, -0.15) is 0 Å². The lowest BCUT2D eigenvalue weighted by Crippen LogP contribution is -2.25. The molecule has 1 aliphatic rings. The lowest BCUT2D eigenvalue weighted by Gasteiger charge is -2.11. The number of para-hydroxylation sites is 1. The van der Waals surface area contributed by atoms with Crippen LogP contribution in [-0.4, -0.2) is 37.4 Å². The topological polar surface area (TPSA) is 106 Å². The first-order chi connectivity index (χ1) is 12.6. The van der Waals surface area contributed by atoms with Gasteiger partial charge >= 0.3 is 5.69 Å². The maximum absolute atomic E-state index is 12.3. The zero-order chi connectivity index (χ0) is 18.1. The Hall–Kier alpha value is -2.39. The van der Waals surface area contributed by atoms with Gasteiger partial charge in [0.25, 0.3) is 5.56 Å². The summed E-state index contributed by atoms with van der Waals surface area (Å²) in [5, 5.41) is 7.72. The fraction of sp³-hybridized carbons (Fsp3) is 0.412. The van der Waals surface area contributed by atoms with Gasteiger partial charge in [0, 0.05) is 6.61 Å². The largest absolute Gasteiger partial charge is 0.376 e. The standard InChI is InChI=1S/C17H19N5O3S/c1-10-4-2-6-12-14(10)18-13(19-15(12)23)9-26-17-21-20-16(24)22(17)8-11-5-3-7-25-11/h2,4,6,11H,3,5,7-9H2,1H3,(H,20,24)(H,18,19,23). The van der Waals surface area contributed by atoms with Crippen LogP contribution in [0.4, 0.5) is 0 Å². The van der Waals surface area contributed by atoms with Crippen LogP contribution in [0.2, 0.25) is 0 Å². The number of ether oxygens (including phenoxy) is 1. The molecule has 4 rings (SSSR count). The average molecular weight is 373 g/mol. The number of aryl methyl sites for hydroxylation is 1. The summed E-state index contributed by atoms with van der Waals surface area (Å²) in [6.45, 7) is 3.15. The molecule has 0 radical (unpaired) electrons. The van der Waals surface area contributed by atoms with Crippen molar-refractivity contribution in [2.24, 2.45) is 0 Å². The van der Waals surface area contributed by atoms with E-state index in [2.05, 4.69) is 20.2 Å². The van der Waals surface area contributed by atoms with Crippen molar-refractivity contribution in [3.8, 4) is 0 Å². The maximum Gasteiger partial charge on any atom is 0.344 e. The van der Waals surface area contributed by atoms with Crippen molar-refractivity contribution in [2.75, 3.05) is 6.61 Å². The molecule has 0 amide bonds. The van der Waals surface area contributed by atoms with E-state index in [0.717, 1.165) is 25.0 Å². The molecule has 1 unspecified atom stereocenters. The Morgan fingerprint density at radius 3 is 3.08 bits per heavy atom. The molecule has 1 aliphatic heterocycles. The number of benzene rings is 1. The van der Waals surface area contributed by atoms with E-state index in [0.29, 0.717) is 34.2 Å². The Labute approximate surface area is 153 Å². The minimum Gasteiger partial charge on any atom is -0.376 e. The van der Waals surface area contributed by atoms with Crippen LogP contribution in [0.3, 0.4) is 0 Å². The summed E-state index contributed by atoms with van der Waals surface area (Å²) in [5.41, 5.74) is 1.24. The highest BCUT2D eigenvalue weighted by Crippen LogP contribution is 2.21. The summed E-state index contributed by atoms with van der Waals surface area (Å²) in [4.78, 5) is 31.7. The minimum absolute atomic E-state index is 0.0471. The maximum atomic E-state index is 12.3. The molecule has 1 saturated heterocycles. The van der Waals surface area contributed by atoms with E-state index in [-0.39, 0.29) is 17.4 Å². The van der Waals surface area contributed by atoms with Gasteiger partial charge in [0.05, 0.1) is 29.3 Å². The van der Waals surface area contributed by atoms with E-state index in [1.54, 1.807) is 10.6 Å². The summed E-state index contributed by atoms with van der Waals surface area (Å²) in [6, 6.07) is 5.53. The molecule has 0 aliphatic carbocycles. The Bertz CT molecular complexity index is 1050. The second-order valence-corrected chi connectivity index (χ2v) is 7.27. The van der Waals surface area contributed by atoms with Crippen molar-refractivity contribution in [3.05, 3.63) is 50.4 Å². The number of fused-ring (bicyclic) bond motifs is 1. The Kier molecular flexibility index (Phi) is 4.64. The molecule has 3 heterocycles. The number of aromatic nitrogens is 5. The number of hydrogen-bond acceptors (Lipinski definition) is 6. The Morgan fingerprint density at radius 2 is 2.27 bits per heavy atom. The van der Waals surface area contributed by atoms with Gasteiger partial charge in [0.15, 0.2) is 5.16 Å². The number of rotatable bonds is 5. The smallest absolute Gasteiger partial charge is 0.344 e. The van der Waals surface area contributed by atoms with Gasteiger partial charge in [-0.25, -0.2) is 14.9 Å². The molecule has 136 valence electrons. The van der Waals surface area contributed by atoms with Crippen molar-refractivity contribution in [3.63, 3.8) is 0 Å². The summed E-state index contributed by atoms with van der Waals surface area (Å²) in [7, 11) is 0. The molecule has 0 bridgehead atoms. The number of H-pyrrole nitrogens is 2. The predicted octanol–water partition coefficient (Wildman–Crippen LogP) is 1.59. The minimum atomic E-state index is -0.251. The van der Waals surface area contributed by atoms with E-state index in [4.69, 9.17) is 4.74 Å². The van der Waals surface area contributed by atoms with Crippen LogP contribution in [0, 0.1) is 6.92 Å². The average Bonchev–Trinajstić information content (AvgIpc) is 3.26. The van der Waals surface area contributed by atoms with Crippen molar-refractivity contribution in [1.29, 1.82) is 0 Å². The zero-order valence-electron chi connectivity index (χ0n) is 14.3. The molecule has 1 fully saturated rings. The van der Waals surface area contributed by atoms with Crippen LogP contribution in [0.1, 0.15) is 24.2 Å². The molecular weight excluding hydrogens is 354 g/mol. The van der Waals surface area contributed by atoms with Gasteiger partial charge in [-0.1, -0.05) is 23.9 Å². The van der Waals surface area contributed by atoms with Crippen molar-refractivity contribution < 1.29 is 4.74 Å². The highest BCUT2D eigenvalue weighted by atomic mass is 32.2. The van der Waals surface area contributed by atoms with E-state index in [1.807, 2.05) is 19.1 Å². The summed E-state index contributed by atoms with van der Waals surface area (Å²) in [6.07, 6.45) is 2.01. The van der Waals surface area contributed by atoms with Crippen LogP contribution in [0.5, 0.6) is 0 Å². The fourth-order valence-corrected chi connectivity index (χ4v) is 3.95. The fourth-order valence-electron chi connectivity index (χ4n) is 3.12. The lowest BCUT2D eigenvalue weighted by atomic mass is 10.1. The van der Waals surface area contributed by atoms with E-state index in [9.17, 15) is 9.59 Å². The highest BCUT2D eigenvalue weighted by molar-refractivity contribution is 7.98. The van der Waals surface area contributed by atoms with Crippen LogP contribution >= 0.6 is 11.8 Å². The first-order valence-electron chi connectivity index (χ1n) is 8.50. The lowest BCUT2D eigenvalue weighted by molar-refractivity contribution is 0.0941. The van der Waals surface area contributed by atoms with E-state index < -0.39 is 0 Å². The molecule has 3 aromatic rings. The van der Waals surface area contributed by atoms with E-state index >= 15 is 0 Å². The van der Waals surface area contributed by atoms with Crippen LogP contribution < -0.4 is 11.2 Å². The molecule has 8 nitrogen and oxygen atoms in total. The summed E-state index contributed by atoms with van der Waals surface area (Å²) in [5.74, 6) is 0.968. The molecule has 1 aromatic carbocycles. The third-order valence-corrected chi connectivity index (χ3v) is 5.45. The highest BCUT2D eigenvalue weighted by Gasteiger charge is 2.20. The SMILES string of the molecule is Cc1cccc2c(=O)[nH]c(CSc3n[nH]c(=O)n3CC3CCCO3)nc12. The number of aromatic amines is 2. The second-order valence-electron chi connectivity index (χ2n) is 6.33. The van der Waals surface area contributed by atoms with Gasteiger partial charge in [0.1, 0.15) is 5.82 Å². The molecule has 0 spiro atoms. The molecule has 9 heteroatoms. The van der Waals surface area contributed by atoms with Gasteiger partial charge in [-0.3, -0.25) is 9.36 Å². The monoisotopic (exact) mass is 373 g/mol. The van der Waals surface area contributed by atoms with Gasteiger partial charge in [0.2, 0.25) is 0 Å². The summed E-state index contributed by atoms with van der Waals surface area (Å²) >= 11 is 1.36. The Morgan fingerprint density at radius 1 is 1.38 bits per heavy atom. The molecular formula is C17H19N5O3S. The molecule has 0 saturated carbocycles. The number of hydrogen-bond donors (Lipinski definition) is 2. The van der Waals surface area contributed by atoms with Gasteiger partial charge in [-0.05, 0) is 31.4 Å². The van der Waals surface area contributed by atoms with Crippen molar-refractivity contribution in [2.45, 2.75) is 43.3 Å². The van der Waals surface area contributed by atoms with Crippen LogP contribution in [0.25, 0.3) is 10.9 Å². The molecule has 2 aromatic heterocycles. The number of nitrogens with one attached hydrogen (secondary N) is 2. The third kappa shape index (κ3) is 3.32.